The number of pyridine rings is 1. The van der Waals surface area contributed by atoms with Gasteiger partial charge in [0.15, 0.2) is 0 Å². The summed E-state index contributed by atoms with van der Waals surface area (Å²) < 4.78 is 8.41. The summed E-state index contributed by atoms with van der Waals surface area (Å²) in [5.41, 5.74) is 1.92. The number of rotatable bonds is 0. The van der Waals surface area contributed by atoms with Gasteiger partial charge in [0.1, 0.15) is 36.5 Å². The fourth-order valence-corrected chi connectivity index (χ4v) is 10.5. The molecule has 0 saturated heterocycles. The van der Waals surface area contributed by atoms with E-state index >= 15 is 0 Å². The van der Waals surface area contributed by atoms with Crippen LogP contribution in [0.2, 0.25) is 0 Å². The van der Waals surface area contributed by atoms with Crippen molar-refractivity contribution in [2.45, 2.75) is 277 Å². The molecule has 0 amide bonds. The van der Waals surface area contributed by atoms with Gasteiger partial charge in [-0.3, -0.25) is 4.98 Å². The minimum atomic E-state index is 0.962. The number of furan rings is 1. The predicted molar refractivity (Wildman–Crippen MR) is 606 cm³/mol. The topological polar surface area (TPSA) is 90.5 Å². The molecule has 129 heavy (non-hydrogen) atoms. The van der Waals surface area contributed by atoms with E-state index in [1.54, 1.807) is 42.2 Å². The highest BCUT2D eigenvalue weighted by Crippen LogP contribution is 2.33. The lowest BCUT2D eigenvalue weighted by atomic mass is 10.0. The van der Waals surface area contributed by atoms with Crippen molar-refractivity contribution in [3.63, 3.8) is 0 Å². The Balaban J connectivity index is -0.000000114. The third kappa shape index (κ3) is 73.3. The molecule has 0 atom stereocenters. The molecule has 0 spiro atoms. The molecule has 0 aliphatic carbocycles. The Hall–Kier alpha value is -11.4. The van der Waals surface area contributed by atoms with Gasteiger partial charge in [-0.25, -0.2) is 24.9 Å². The molecule has 18 rings (SSSR count). The van der Waals surface area contributed by atoms with Gasteiger partial charge in [0, 0.05) is 55.7 Å². The third-order valence-electron chi connectivity index (χ3n) is 13.1. The Labute approximate surface area is 802 Å². The molecule has 0 saturated carbocycles. The zero-order chi connectivity index (χ0) is 101. The highest BCUT2D eigenvalue weighted by atomic mass is 32.1. The molecule has 12 aromatic carbocycles. The third-order valence-corrected chi connectivity index (χ3v) is 14.9. The molecule has 0 fully saturated rings. The van der Waals surface area contributed by atoms with Gasteiger partial charge in [-0.15, -0.1) is 11.3 Å². The number of fused-ring (bicyclic) bond motifs is 11. The van der Waals surface area contributed by atoms with Crippen LogP contribution in [0, 0.1) is 0 Å². The van der Waals surface area contributed by atoms with Gasteiger partial charge in [-0.2, -0.15) is 11.3 Å². The molecule has 6 heterocycles. The Morgan fingerprint density at radius 3 is 0.558 bits per heavy atom. The van der Waals surface area contributed by atoms with Crippen LogP contribution in [-0.4, -0.2) is 29.9 Å². The second-order valence-corrected chi connectivity index (χ2v) is 21.0. The summed E-state index contributed by atoms with van der Waals surface area (Å²) in [5, 5.41) is 19.8. The summed E-state index contributed by atoms with van der Waals surface area (Å²) in [5.74, 6) is 0. The lowest BCUT2D eigenvalue weighted by Gasteiger charge is -2.02. The fraction of sp³-hybridized carbons (Fsp3) is 0.333. The van der Waals surface area contributed by atoms with Crippen LogP contribution in [0.15, 0.2) is 393 Å². The zero-order valence-corrected chi connectivity index (χ0v) is 90.5. The number of hydrogen-bond donors (Lipinski definition) is 0. The maximum atomic E-state index is 5.65. The van der Waals surface area contributed by atoms with E-state index in [-0.39, 0.29) is 0 Å². The standard InChI is InChI=1S/C14H10.C12H8O.C12H8S.2C10H8.C6H6.C5H5N.C4H4N2.C4H4S.C3H3N3.20C2H6/c1-3-7-13-11(5-1)9-10-12-6-2-4-8-14(12)13;2*1-3-7-11-9(5-1)10-6-2-4-8-12(10)13-11;2*1-2-6-10-8-4-3-7-9(10)5-1;2*1-2-4-6-5-3-1;1-2-5-4-6-3-1;1-2-4-5-3-1;1-4-2-6-3-5-1;20*1-2/h1-10H;2*1-8H;2*1-8H;1-6H;1-5H;1-4H;1-4H;1-3H;20*1-2H3. The molecule has 0 aliphatic rings. The lowest BCUT2D eigenvalue weighted by molar-refractivity contribution is 0.669. The number of para-hydroxylation sites is 2. The second kappa shape index (κ2) is 130. The van der Waals surface area contributed by atoms with Crippen molar-refractivity contribution in [2.24, 2.45) is 0 Å². The van der Waals surface area contributed by atoms with E-state index in [0.29, 0.717) is 0 Å². The quantitative estimate of drug-likeness (QED) is 0.140. The average Bonchev–Trinajstić information content (AvgIpc) is 1.67. The molecule has 7 nitrogen and oxygen atoms in total. The van der Waals surface area contributed by atoms with Gasteiger partial charge in [0.2, 0.25) is 0 Å². The van der Waals surface area contributed by atoms with Gasteiger partial charge < -0.3 is 4.42 Å². The molecule has 712 valence electrons. The summed E-state index contributed by atoms with van der Waals surface area (Å²) in [7, 11) is 0. The van der Waals surface area contributed by atoms with Crippen LogP contribution in [-0.2, 0) is 0 Å². The minimum Gasteiger partial charge on any atom is -0.456 e. The van der Waals surface area contributed by atoms with E-state index in [9.17, 15) is 0 Å². The second-order valence-electron chi connectivity index (χ2n) is 19.1. The summed E-state index contributed by atoms with van der Waals surface area (Å²) in [6.45, 7) is 80.0. The van der Waals surface area contributed by atoms with Crippen molar-refractivity contribution in [1.29, 1.82) is 0 Å². The normalized spacial score (nSPS) is 7.69. The summed E-state index contributed by atoms with van der Waals surface area (Å²) >= 11 is 3.57. The zero-order valence-electron chi connectivity index (χ0n) is 88.9. The Kier molecular flexibility index (Phi) is 144. The summed E-state index contributed by atoms with van der Waals surface area (Å²) in [6, 6.07) is 112. The summed E-state index contributed by atoms with van der Waals surface area (Å²) in [4.78, 5) is 21.8. The van der Waals surface area contributed by atoms with Crippen molar-refractivity contribution in [3.8, 4) is 0 Å². The maximum absolute atomic E-state index is 5.65. The average molecular weight is 1790 g/mol. The smallest absolute Gasteiger partial charge is 0.135 e. The van der Waals surface area contributed by atoms with E-state index in [2.05, 4.69) is 248 Å². The van der Waals surface area contributed by atoms with E-state index in [1.165, 1.54) is 99.3 Å². The van der Waals surface area contributed by atoms with Crippen LogP contribution in [0.5, 0.6) is 0 Å². The van der Waals surface area contributed by atoms with Gasteiger partial charge in [0.05, 0.1) is 0 Å². The van der Waals surface area contributed by atoms with Crippen LogP contribution >= 0.6 is 22.7 Å². The highest BCUT2D eigenvalue weighted by molar-refractivity contribution is 7.25. The molecule has 0 N–H and O–H groups in total. The Morgan fingerprint density at radius 2 is 0.357 bits per heavy atom. The van der Waals surface area contributed by atoms with Gasteiger partial charge >= 0.3 is 0 Å². The van der Waals surface area contributed by atoms with E-state index in [0.717, 1.165) is 11.2 Å². The van der Waals surface area contributed by atoms with Crippen LogP contribution < -0.4 is 0 Å². The first-order valence-corrected chi connectivity index (χ1v) is 50.6. The van der Waals surface area contributed by atoms with E-state index < -0.39 is 0 Å². The Bertz CT molecular complexity index is 4110. The molecular formula is C120H184N6OS2. The summed E-state index contributed by atoms with van der Waals surface area (Å²) in [6.07, 6.45) is 12.7. The highest BCUT2D eigenvalue weighted by Gasteiger charge is 2.04. The number of aromatic nitrogens is 6. The number of benzene rings is 12. The largest absolute Gasteiger partial charge is 0.456 e. The minimum absolute atomic E-state index is 0.962. The molecule has 0 radical (unpaired) electrons. The predicted octanol–water partition coefficient (Wildman–Crippen LogP) is 42.7. The first kappa shape index (κ1) is 143. The molecule has 6 aromatic heterocycles. The molecule has 0 bridgehead atoms. The molecule has 9 heteroatoms. The van der Waals surface area contributed by atoms with Gasteiger partial charge in [-0.1, -0.05) is 562 Å². The van der Waals surface area contributed by atoms with Crippen molar-refractivity contribution >= 4 is 108 Å². The van der Waals surface area contributed by atoms with Gasteiger partial charge in [-0.05, 0) is 96.3 Å². The molecule has 18 aromatic rings. The monoisotopic (exact) mass is 1790 g/mol. The van der Waals surface area contributed by atoms with Crippen molar-refractivity contribution < 1.29 is 4.42 Å². The van der Waals surface area contributed by atoms with Crippen LogP contribution in [0.1, 0.15) is 277 Å². The van der Waals surface area contributed by atoms with Crippen molar-refractivity contribution in [3.05, 3.63) is 388 Å². The van der Waals surface area contributed by atoms with Crippen LogP contribution in [0.3, 0.4) is 0 Å². The molecular weight excluding hydrogens is 1610 g/mol. The Morgan fingerprint density at radius 1 is 0.155 bits per heavy atom. The van der Waals surface area contributed by atoms with Crippen LogP contribution in [0.4, 0.5) is 0 Å². The number of nitrogens with zero attached hydrogens (tertiary/aromatic N) is 6. The molecule has 0 unspecified atom stereocenters. The fourth-order valence-electron chi connectivity index (χ4n) is 8.95. The first-order chi connectivity index (χ1) is 64.3. The van der Waals surface area contributed by atoms with E-state index in [1.807, 2.05) is 402 Å². The lowest BCUT2D eigenvalue weighted by Crippen LogP contribution is -1.75. The maximum Gasteiger partial charge on any atom is 0.135 e. The van der Waals surface area contributed by atoms with Crippen LogP contribution in [0.25, 0.3) is 85.2 Å². The SMILES string of the molecule is CC.CC.CC.CC.CC.CC.CC.CC.CC.CC.CC.CC.CC.CC.CC.CC.CC.CC.CC.CC.c1ccc2c(c1)ccc1ccccc12.c1ccc2c(c1)oc1ccccc12.c1ccc2c(c1)sc1ccccc12.c1ccc2ccccc2c1.c1ccc2ccccc2c1.c1ccccc1.c1ccncc1.c1ccsc1.c1cncnc1.c1ncncn1. The number of hydrogen-bond acceptors (Lipinski definition) is 9. The van der Waals surface area contributed by atoms with Gasteiger partial charge in [0.25, 0.3) is 0 Å². The number of thiophene rings is 2. The molecule has 0 aliphatic heterocycles. The first-order valence-electron chi connectivity index (χ1n) is 48.8. The van der Waals surface area contributed by atoms with Crippen molar-refractivity contribution in [1.82, 2.24) is 29.9 Å². The van der Waals surface area contributed by atoms with Crippen molar-refractivity contribution in [2.75, 3.05) is 0 Å². The van der Waals surface area contributed by atoms with E-state index in [4.69, 9.17) is 4.42 Å².